The van der Waals surface area contributed by atoms with E-state index in [1.165, 1.54) is 35.5 Å². The molecule has 5 heteroatoms. The van der Waals surface area contributed by atoms with Crippen LogP contribution in [-0.4, -0.2) is 33.3 Å². The van der Waals surface area contributed by atoms with E-state index < -0.39 is 0 Å². The molecular weight excluding hydrogens is 274 g/mol. The topological polar surface area (TPSA) is 55.6 Å². The van der Waals surface area contributed by atoms with Crippen LogP contribution in [0.4, 0.5) is 0 Å². The first-order chi connectivity index (χ1) is 10.9. The van der Waals surface area contributed by atoms with E-state index in [-0.39, 0.29) is 6.04 Å². The molecule has 2 atom stereocenters. The van der Waals surface area contributed by atoms with Gasteiger partial charge in [0.2, 0.25) is 0 Å². The van der Waals surface area contributed by atoms with Crippen LogP contribution in [0.3, 0.4) is 0 Å². The molecule has 0 amide bonds. The fourth-order valence-corrected chi connectivity index (χ4v) is 3.44. The van der Waals surface area contributed by atoms with Crippen LogP contribution in [0.15, 0.2) is 48.8 Å². The summed E-state index contributed by atoms with van der Waals surface area (Å²) < 4.78 is 0. The predicted molar refractivity (Wildman–Crippen MR) is 85.5 cm³/mol. The lowest BCUT2D eigenvalue weighted by Gasteiger charge is -2.30. The Balaban J connectivity index is 1.78. The number of hydrogen-bond donors (Lipinski definition) is 1. The van der Waals surface area contributed by atoms with Gasteiger partial charge in [0.1, 0.15) is 6.04 Å². The summed E-state index contributed by atoms with van der Waals surface area (Å²) in [6.07, 6.45) is 3.90. The highest BCUT2D eigenvalue weighted by molar-refractivity contribution is 5.83. The van der Waals surface area contributed by atoms with Crippen LogP contribution in [0.5, 0.6) is 0 Å². The van der Waals surface area contributed by atoms with E-state index in [2.05, 4.69) is 63.2 Å². The van der Waals surface area contributed by atoms with Crippen molar-refractivity contribution in [1.82, 2.24) is 25.5 Å². The minimum atomic E-state index is 0.139. The third-order valence-electron chi connectivity index (χ3n) is 4.51. The Labute approximate surface area is 129 Å². The number of benzene rings is 2. The van der Waals surface area contributed by atoms with Crippen LogP contribution in [0, 0.1) is 5.92 Å². The highest BCUT2D eigenvalue weighted by Crippen LogP contribution is 2.31. The molecule has 0 spiro atoms. The maximum atomic E-state index is 4.31. The van der Waals surface area contributed by atoms with Gasteiger partial charge in [-0.15, -0.1) is 10.2 Å². The standard InChI is InChI=1S/C17H19N5/c1-2-5-14-10-15(8-7-13(14)4-1)17(22-20-12-19-21-22)16-6-3-9-18-11-16/h1-2,4-5,7-8,10,12,16-18H,3,6,9,11H2/t16-,17+/m1/s1. The molecule has 2 aromatic carbocycles. The van der Waals surface area contributed by atoms with Gasteiger partial charge in [0, 0.05) is 6.54 Å². The van der Waals surface area contributed by atoms with Gasteiger partial charge in [-0.2, -0.15) is 4.80 Å². The van der Waals surface area contributed by atoms with E-state index in [1.54, 1.807) is 4.80 Å². The molecule has 1 aliphatic rings. The number of tetrazole rings is 1. The normalized spacial score (nSPS) is 20.1. The van der Waals surface area contributed by atoms with Crippen LogP contribution >= 0.6 is 0 Å². The van der Waals surface area contributed by atoms with Crippen LogP contribution in [-0.2, 0) is 0 Å². The van der Waals surface area contributed by atoms with Crippen molar-refractivity contribution in [3.05, 3.63) is 54.4 Å². The number of aromatic nitrogens is 4. The van der Waals surface area contributed by atoms with Crippen molar-refractivity contribution >= 4 is 10.8 Å². The second kappa shape index (κ2) is 5.85. The van der Waals surface area contributed by atoms with Gasteiger partial charge in [-0.05, 0) is 52.9 Å². The summed E-state index contributed by atoms with van der Waals surface area (Å²) >= 11 is 0. The van der Waals surface area contributed by atoms with Gasteiger partial charge in [0.05, 0.1) is 0 Å². The Hall–Kier alpha value is -2.27. The van der Waals surface area contributed by atoms with E-state index in [0.717, 1.165) is 13.1 Å². The second-order valence-corrected chi connectivity index (χ2v) is 5.91. The summed E-state index contributed by atoms with van der Waals surface area (Å²) in [5.41, 5.74) is 1.26. The lowest BCUT2D eigenvalue weighted by atomic mass is 9.87. The molecule has 3 aromatic rings. The number of rotatable bonds is 3. The van der Waals surface area contributed by atoms with Gasteiger partial charge in [-0.3, -0.25) is 0 Å². The van der Waals surface area contributed by atoms with Gasteiger partial charge in [0.25, 0.3) is 0 Å². The van der Waals surface area contributed by atoms with E-state index in [0.29, 0.717) is 5.92 Å². The number of piperidine rings is 1. The average molecular weight is 293 g/mol. The number of nitrogens with one attached hydrogen (secondary N) is 1. The molecule has 1 fully saturated rings. The molecule has 1 aromatic heterocycles. The van der Waals surface area contributed by atoms with E-state index in [4.69, 9.17) is 0 Å². The molecular formula is C17H19N5. The van der Waals surface area contributed by atoms with E-state index in [9.17, 15) is 0 Å². The zero-order valence-electron chi connectivity index (χ0n) is 12.4. The van der Waals surface area contributed by atoms with Crippen molar-refractivity contribution in [2.75, 3.05) is 13.1 Å². The minimum Gasteiger partial charge on any atom is -0.316 e. The third-order valence-corrected chi connectivity index (χ3v) is 4.51. The first-order valence-electron chi connectivity index (χ1n) is 7.84. The van der Waals surface area contributed by atoms with Gasteiger partial charge < -0.3 is 5.32 Å². The summed E-state index contributed by atoms with van der Waals surface area (Å²) in [6.45, 7) is 2.10. The van der Waals surface area contributed by atoms with Crippen molar-refractivity contribution < 1.29 is 0 Å². The summed E-state index contributed by atoms with van der Waals surface area (Å²) in [7, 11) is 0. The van der Waals surface area contributed by atoms with Crippen molar-refractivity contribution in [1.29, 1.82) is 0 Å². The highest BCUT2D eigenvalue weighted by Gasteiger charge is 2.28. The molecule has 0 aliphatic carbocycles. The Morgan fingerprint density at radius 3 is 2.82 bits per heavy atom. The Bertz CT molecular complexity index is 747. The fourth-order valence-electron chi connectivity index (χ4n) is 3.44. The molecule has 4 rings (SSSR count). The molecule has 1 aliphatic heterocycles. The van der Waals surface area contributed by atoms with E-state index in [1.807, 2.05) is 0 Å². The largest absolute Gasteiger partial charge is 0.316 e. The molecule has 0 radical (unpaired) electrons. The minimum absolute atomic E-state index is 0.139. The number of hydrogen-bond acceptors (Lipinski definition) is 4. The zero-order chi connectivity index (χ0) is 14.8. The third kappa shape index (κ3) is 2.48. The Morgan fingerprint density at radius 2 is 2.05 bits per heavy atom. The fraction of sp³-hybridized carbons (Fsp3) is 0.353. The molecule has 1 saturated heterocycles. The van der Waals surface area contributed by atoms with Gasteiger partial charge in [0.15, 0.2) is 6.33 Å². The molecule has 22 heavy (non-hydrogen) atoms. The molecule has 2 heterocycles. The van der Waals surface area contributed by atoms with Gasteiger partial charge >= 0.3 is 0 Å². The monoisotopic (exact) mass is 293 g/mol. The molecule has 0 unspecified atom stereocenters. The first-order valence-corrected chi connectivity index (χ1v) is 7.84. The predicted octanol–water partition coefficient (Wildman–Crippen LogP) is 2.42. The lowest BCUT2D eigenvalue weighted by Crippen LogP contribution is -2.36. The SMILES string of the molecule is c1ccc2cc([C@@H]([C@@H]3CCCNC3)n3ncnn3)ccc2c1. The smallest absolute Gasteiger partial charge is 0.162 e. The number of nitrogens with zero attached hydrogens (tertiary/aromatic N) is 4. The summed E-state index contributed by atoms with van der Waals surface area (Å²) in [4.78, 5) is 1.77. The van der Waals surface area contributed by atoms with Crippen LogP contribution in [0.25, 0.3) is 10.8 Å². The highest BCUT2D eigenvalue weighted by atomic mass is 15.6. The van der Waals surface area contributed by atoms with Crippen molar-refractivity contribution in [3.63, 3.8) is 0 Å². The average Bonchev–Trinajstić information content (AvgIpc) is 3.10. The summed E-state index contributed by atoms with van der Waals surface area (Å²) in [5, 5.41) is 18.4. The van der Waals surface area contributed by atoms with Crippen LogP contribution < -0.4 is 5.32 Å². The number of fused-ring (bicyclic) bond motifs is 1. The van der Waals surface area contributed by atoms with Crippen molar-refractivity contribution in [3.8, 4) is 0 Å². The summed E-state index contributed by atoms with van der Waals surface area (Å²) in [6, 6.07) is 15.2. The van der Waals surface area contributed by atoms with E-state index >= 15 is 0 Å². The molecule has 0 saturated carbocycles. The quantitative estimate of drug-likeness (QED) is 0.806. The molecule has 5 nitrogen and oxygen atoms in total. The molecule has 0 bridgehead atoms. The molecule has 112 valence electrons. The molecule has 1 N–H and O–H groups in total. The second-order valence-electron chi connectivity index (χ2n) is 5.91. The lowest BCUT2D eigenvalue weighted by molar-refractivity contribution is 0.261. The van der Waals surface area contributed by atoms with Gasteiger partial charge in [-0.25, -0.2) is 0 Å². The van der Waals surface area contributed by atoms with Crippen molar-refractivity contribution in [2.45, 2.75) is 18.9 Å². The maximum Gasteiger partial charge on any atom is 0.162 e. The van der Waals surface area contributed by atoms with Gasteiger partial charge in [-0.1, -0.05) is 36.4 Å². The van der Waals surface area contributed by atoms with Crippen LogP contribution in [0.1, 0.15) is 24.4 Å². The Morgan fingerprint density at radius 1 is 1.14 bits per heavy atom. The first kappa shape index (κ1) is 13.4. The van der Waals surface area contributed by atoms with Crippen LogP contribution in [0.2, 0.25) is 0 Å². The van der Waals surface area contributed by atoms with Crippen molar-refractivity contribution in [2.24, 2.45) is 5.92 Å². The maximum absolute atomic E-state index is 4.31. The Kier molecular flexibility index (Phi) is 3.56. The zero-order valence-corrected chi connectivity index (χ0v) is 12.4. The summed E-state index contributed by atoms with van der Waals surface area (Å²) in [5.74, 6) is 0.490.